The molecular formula is C24H26N2O5. The average molecular weight is 422 g/mol. The van der Waals surface area contributed by atoms with Crippen LogP contribution in [0.2, 0.25) is 0 Å². The van der Waals surface area contributed by atoms with Gasteiger partial charge in [0.15, 0.2) is 6.61 Å². The highest BCUT2D eigenvalue weighted by Gasteiger charge is 2.29. The molecule has 1 atom stereocenters. The molecule has 7 nitrogen and oxygen atoms in total. The maximum Gasteiger partial charge on any atom is 0.336 e. The van der Waals surface area contributed by atoms with Crippen LogP contribution in [0.3, 0.4) is 0 Å². The van der Waals surface area contributed by atoms with Crippen LogP contribution < -0.4 is 10.4 Å². The van der Waals surface area contributed by atoms with E-state index >= 15 is 0 Å². The normalized spacial score (nSPS) is 15.7. The summed E-state index contributed by atoms with van der Waals surface area (Å²) in [7, 11) is 0. The van der Waals surface area contributed by atoms with E-state index in [0.29, 0.717) is 43.0 Å². The molecule has 1 amide bonds. The molecule has 1 aliphatic heterocycles. The van der Waals surface area contributed by atoms with Crippen LogP contribution in [0, 0.1) is 5.92 Å². The predicted octanol–water partition coefficient (Wildman–Crippen LogP) is 3.10. The van der Waals surface area contributed by atoms with E-state index in [2.05, 4.69) is 4.98 Å². The van der Waals surface area contributed by atoms with Crippen LogP contribution in [-0.4, -0.2) is 40.6 Å². The molecular weight excluding hydrogens is 396 g/mol. The number of likely N-dealkylation sites (tertiary alicyclic amines) is 1. The number of piperidine rings is 1. The molecule has 0 bridgehead atoms. The number of amides is 1. The maximum absolute atomic E-state index is 12.6. The molecule has 0 saturated carbocycles. The number of aliphatic hydroxyl groups excluding tert-OH is 1. The number of aryl methyl sites for hydroxylation is 1. The van der Waals surface area contributed by atoms with Crippen molar-refractivity contribution < 1.29 is 19.1 Å². The van der Waals surface area contributed by atoms with Gasteiger partial charge in [-0.15, -0.1) is 0 Å². The fraction of sp³-hybridized carbons (Fsp3) is 0.375. The van der Waals surface area contributed by atoms with Crippen molar-refractivity contribution in [2.24, 2.45) is 5.92 Å². The van der Waals surface area contributed by atoms with Gasteiger partial charge in [0.25, 0.3) is 5.91 Å². The van der Waals surface area contributed by atoms with Gasteiger partial charge in [0.05, 0.1) is 11.8 Å². The number of rotatable bonds is 6. The summed E-state index contributed by atoms with van der Waals surface area (Å²) in [6.45, 7) is 3.04. The zero-order valence-electron chi connectivity index (χ0n) is 17.5. The van der Waals surface area contributed by atoms with Crippen molar-refractivity contribution >= 4 is 16.9 Å². The highest BCUT2D eigenvalue weighted by atomic mass is 16.5. The quantitative estimate of drug-likeness (QED) is 0.614. The van der Waals surface area contributed by atoms with Gasteiger partial charge in [-0.2, -0.15) is 0 Å². The number of aromatic nitrogens is 1. The number of hydrogen-bond acceptors (Lipinski definition) is 6. The second-order valence-corrected chi connectivity index (χ2v) is 7.81. The summed E-state index contributed by atoms with van der Waals surface area (Å²) in [5, 5.41) is 11.4. The molecule has 2 aromatic heterocycles. The lowest BCUT2D eigenvalue weighted by Gasteiger charge is -2.34. The first-order valence-corrected chi connectivity index (χ1v) is 10.6. The van der Waals surface area contributed by atoms with Crippen molar-refractivity contribution in [3.05, 3.63) is 70.3 Å². The Morgan fingerprint density at radius 3 is 2.77 bits per heavy atom. The Bertz CT molecular complexity index is 1100. The Labute approximate surface area is 180 Å². The SMILES string of the molecule is CCc1cc(=O)oc2cc(OCC(=O)N3CCC(C(O)c4ccccn4)CC3)ccc12. The molecule has 0 aliphatic carbocycles. The first kappa shape index (κ1) is 21.1. The molecule has 1 fully saturated rings. The minimum Gasteiger partial charge on any atom is -0.484 e. The largest absolute Gasteiger partial charge is 0.484 e. The van der Waals surface area contributed by atoms with Crippen LogP contribution in [0.15, 0.2) is 57.9 Å². The van der Waals surface area contributed by atoms with Gasteiger partial charge >= 0.3 is 5.63 Å². The Balaban J connectivity index is 1.33. The van der Waals surface area contributed by atoms with Gasteiger partial charge < -0.3 is 19.2 Å². The molecule has 31 heavy (non-hydrogen) atoms. The van der Waals surface area contributed by atoms with Crippen molar-refractivity contribution in [3.63, 3.8) is 0 Å². The van der Waals surface area contributed by atoms with Crippen LogP contribution in [0.25, 0.3) is 11.0 Å². The van der Waals surface area contributed by atoms with Crippen molar-refractivity contribution in [1.82, 2.24) is 9.88 Å². The fourth-order valence-corrected chi connectivity index (χ4v) is 4.09. The van der Waals surface area contributed by atoms with Gasteiger partial charge in [-0.25, -0.2) is 4.79 Å². The van der Waals surface area contributed by atoms with Crippen molar-refractivity contribution in [3.8, 4) is 5.75 Å². The van der Waals surface area contributed by atoms with Crippen molar-refractivity contribution in [2.75, 3.05) is 19.7 Å². The van der Waals surface area contributed by atoms with Crippen LogP contribution in [-0.2, 0) is 11.2 Å². The smallest absolute Gasteiger partial charge is 0.336 e. The third-order valence-electron chi connectivity index (χ3n) is 5.87. The summed E-state index contributed by atoms with van der Waals surface area (Å²) in [6, 6.07) is 12.3. The zero-order chi connectivity index (χ0) is 21.8. The van der Waals surface area contributed by atoms with Gasteiger partial charge in [0.1, 0.15) is 11.3 Å². The lowest BCUT2D eigenvalue weighted by atomic mass is 9.89. The molecule has 3 heterocycles. The van der Waals surface area contributed by atoms with E-state index in [-0.39, 0.29) is 18.4 Å². The summed E-state index contributed by atoms with van der Waals surface area (Å²) in [5.41, 5.74) is 1.65. The summed E-state index contributed by atoms with van der Waals surface area (Å²) in [4.78, 5) is 30.3. The number of nitrogens with zero attached hydrogens (tertiary/aromatic N) is 2. The van der Waals surface area contributed by atoms with Crippen molar-refractivity contribution in [2.45, 2.75) is 32.3 Å². The fourth-order valence-electron chi connectivity index (χ4n) is 4.09. The number of ether oxygens (including phenoxy) is 1. The Kier molecular flexibility index (Phi) is 6.32. The highest BCUT2D eigenvalue weighted by Crippen LogP contribution is 2.30. The summed E-state index contributed by atoms with van der Waals surface area (Å²) < 4.78 is 11.0. The predicted molar refractivity (Wildman–Crippen MR) is 116 cm³/mol. The monoisotopic (exact) mass is 422 g/mol. The third kappa shape index (κ3) is 4.77. The highest BCUT2D eigenvalue weighted by molar-refractivity contribution is 5.82. The lowest BCUT2D eigenvalue weighted by Crippen LogP contribution is -2.42. The average Bonchev–Trinajstić information content (AvgIpc) is 2.81. The first-order chi connectivity index (χ1) is 15.0. The number of hydrogen-bond donors (Lipinski definition) is 1. The van der Waals surface area contributed by atoms with Gasteiger partial charge in [0.2, 0.25) is 0 Å². The Morgan fingerprint density at radius 2 is 2.06 bits per heavy atom. The van der Waals surface area contributed by atoms with Gasteiger partial charge in [0, 0.05) is 36.8 Å². The van der Waals surface area contributed by atoms with Crippen LogP contribution in [0.4, 0.5) is 0 Å². The third-order valence-corrected chi connectivity index (χ3v) is 5.87. The molecule has 1 N–H and O–H groups in total. The Morgan fingerprint density at radius 1 is 1.26 bits per heavy atom. The second kappa shape index (κ2) is 9.31. The van der Waals surface area contributed by atoms with E-state index in [0.717, 1.165) is 17.4 Å². The number of benzene rings is 1. The molecule has 3 aromatic rings. The number of aliphatic hydroxyl groups is 1. The minimum absolute atomic E-state index is 0.0796. The van der Waals surface area contributed by atoms with E-state index in [9.17, 15) is 14.7 Å². The van der Waals surface area contributed by atoms with Gasteiger partial charge in [-0.1, -0.05) is 13.0 Å². The maximum atomic E-state index is 12.6. The van der Waals surface area contributed by atoms with Gasteiger partial charge in [-0.05, 0) is 55.0 Å². The second-order valence-electron chi connectivity index (χ2n) is 7.81. The van der Waals surface area contributed by atoms with E-state index in [4.69, 9.17) is 9.15 Å². The molecule has 7 heteroatoms. The Hall–Kier alpha value is -3.19. The molecule has 1 saturated heterocycles. The summed E-state index contributed by atoms with van der Waals surface area (Å²) >= 11 is 0. The molecule has 1 aliphatic rings. The molecule has 4 rings (SSSR count). The minimum atomic E-state index is -0.616. The van der Waals surface area contributed by atoms with E-state index in [1.807, 2.05) is 31.2 Å². The summed E-state index contributed by atoms with van der Waals surface area (Å²) in [6.07, 6.45) is 3.21. The molecule has 0 spiro atoms. The number of carbonyl (C=O) groups is 1. The van der Waals surface area contributed by atoms with Crippen LogP contribution in [0.5, 0.6) is 5.75 Å². The van der Waals surface area contributed by atoms with Crippen LogP contribution >= 0.6 is 0 Å². The zero-order valence-corrected chi connectivity index (χ0v) is 17.5. The van der Waals surface area contributed by atoms with E-state index < -0.39 is 11.7 Å². The summed E-state index contributed by atoms with van der Waals surface area (Å²) in [5.74, 6) is 0.461. The standard InChI is InChI=1S/C24H26N2O5/c1-2-16-13-23(28)31-21-14-18(6-7-19(16)21)30-15-22(27)26-11-8-17(9-12-26)24(29)20-5-3-4-10-25-20/h3-7,10,13-14,17,24,29H,2,8-9,11-12,15H2,1H3. The van der Waals surface area contributed by atoms with Crippen LogP contribution in [0.1, 0.15) is 37.1 Å². The number of fused-ring (bicyclic) bond motifs is 1. The number of pyridine rings is 1. The first-order valence-electron chi connectivity index (χ1n) is 10.6. The van der Waals surface area contributed by atoms with E-state index in [1.54, 1.807) is 23.2 Å². The topological polar surface area (TPSA) is 92.9 Å². The van der Waals surface area contributed by atoms with E-state index in [1.165, 1.54) is 6.07 Å². The van der Waals surface area contributed by atoms with Gasteiger partial charge in [-0.3, -0.25) is 9.78 Å². The van der Waals surface area contributed by atoms with Crippen molar-refractivity contribution in [1.29, 1.82) is 0 Å². The number of carbonyl (C=O) groups excluding carboxylic acids is 1. The molecule has 1 aromatic carbocycles. The molecule has 1 unspecified atom stereocenters. The lowest BCUT2D eigenvalue weighted by molar-refractivity contribution is -0.135. The molecule has 0 radical (unpaired) electrons. The molecule has 162 valence electrons.